The zero-order chi connectivity index (χ0) is 37.0. The summed E-state index contributed by atoms with van der Waals surface area (Å²) in [5.74, 6) is -0.836. The Hall–Kier alpha value is -5.01. The average molecular weight is 738 g/mol. The van der Waals surface area contributed by atoms with Crippen molar-refractivity contribution in [2.75, 3.05) is 97.6 Å². The van der Waals surface area contributed by atoms with E-state index in [2.05, 4.69) is 20.5 Å². The molecule has 284 valence electrons. The van der Waals surface area contributed by atoms with Gasteiger partial charge in [0.1, 0.15) is 19.0 Å². The van der Waals surface area contributed by atoms with Crippen molar-refractivity contribution in [3.63, 3.8) is 0 Å². The van der Waals surface area contributed by atoms with Crippen molar-refractivity contribution in [1.29, 1.82) is 0 Å². The molecule has 1 aliphatic carbocycles. The molecule has 1 aliphatic heterocycles. The lowest BCUT2D eigenvalue weighted by atomic mass is 10.1. The van der Waals surface area contributed by atoms with Gasteiger partial charge in [0.05, 0.1) is 82.3 Å². The molecule has 18 heteroatoms. The van der Waals surface area contributed by atoms with Gasteiger partial charge < -0.3 is 44.5 Å². The lowest BCUT2D eigenvalue weighted by Gasteiger charge is -2.34. The molecule has 1 saturated heterocycles. The van der Waals surface area contributed by atoms with E-state index in [9.17, 15) is 14.4 Å². The Morgan fingerprint density at radius 2 is 1.51 bits per heavy atom. The van der Waals surface area contributed by atoms with Gasteiger partial charge in [-0.05, 0) is 31.0 Å². The zero-order valence-corrected chi connectivity index (χ0v) is 29.3. The van der Waals surface area contributed by atoms with Crippen molar-refractivity contribution in [3.05, 3.63) is 60.1 Å². The van der Waals surface area contributed by atoms with Crippen LogP contribution in [0.5, 0.6) is 0 Å². The minimum Gasteiger partial charge on any atom is -0.377 e. The predicted octanol–water partition coefficient (Wildman–Crippen LogP) is 1.73. The maximum atomic E-state index is 15.5. The van der Waals surface area contributed by atoms with Gasteiger partial charge >= 0.3 is 0 Å². The van der Waals surface area contributed by atoms with Crippen LogP contribution in [0.1, 0.15) is 34.8 Å². The molecule has 4 N–H and O–H groups in total. The smallest absolute Gasteiger partial charge is 0.254 e. The van der Waals surface area contributed by atoms with Gasteiger partial charge in [-0.25, -0.2) is 14.4 Å². The molecule has 0 unspecified atom stereocenters. The number of aromatic amines is 1. The van der Waals surface area contributed by atoms with Crippen LogP contribution in [0.3, 0.4) is 0 Å². The van der Waals surface area contributed by atoms with Crippen LogP contribution >= 0.6 is 0 Å². The molecule has 53 heavy (non-hydrogen) atoms. The van der Waals surface area contributed by atoms with E-state index in [1.165, 1.54) is 12.1 Å². The van der Waals surface area contributed by atoms with Gasteiger partial charge in [0.25, 0.3) is 5.91 Å². The van der Waals surface area contributed by atoms with Crippen molar-refractivity contribution >= 4 is 34.9 Å². The molecular formula is C35H44FN9O8. The van der Waals surface area contributed by atoms with Crippen LogP contribution in [0, 0.1) is 5.82 Å². The summed E-state index contributed by atoms with van der Waals surface area (Å²) in [5.41, 5.74) is 8.50. The number of imidazole rings is 1. The highest BCUT2D eigenvalue weighted by Crippen LogP contribution is 2.40. The van der Waals surface area contributed by atoms with E-state index >= 15 is 4.39 Å². The third-order valence-corrected chi connectivity index (χ3v) is 8.65. The number of H-pyrrole nitrogens is 1. The molecule has 0 radical (unpaired) electrons. The van der Waals surface area contributed by atoms with Gasteiger partial charge in [-0.3, -0.25) is 23.9 Å². The molecule has 0 spiro atoms. The second-order valence-corrected chi connectivity index (χ2v) is 12.5. The third-order valence-electron chi connectivity index (χ3n) is 8.65. The number of nitrogens with two attached hydrogens (primary N) is 1. The number of hydrogen-bond acceptors (Lipinski definition) is 12. The second kappa shape index (κ2) is 18.7. The van der Waals surface area contributed by atoms with E-state index in [-0.39, 0.29) is 49.5 Å². The SMILES string of the molecule is NC(=O)COCCOCCOCCOCCOCC(=O)N1CCN(C(=O)c2ccc(Nc3nc(C4CC4)cn4c(-c5cn[nH]c5)cnc34)c(F)c2)CC1. The van der Waals surface area contributed by atoms with Crippen molar-refractivity contribution in [2.24, 2.45) is 5.73 Å². The molecule has 1 aromatic carbocycles. The van der Waals surface area contributed by atoms with Crippen molar-refractivity contribution in [1.82, 2.24) is 34.4 Å². The molecule has 3 amide bonds. The number of carbonyl (C=O) groups is 3. The van der Waals surface area contributed by atoms with Gasteiger partial charge in [0.2, 0.25) is 11.8 Å². The van der Waals surface area contributed by atoms with Crippen molar-refractivity contribution < 1.29 is 42.5 Å². The maximum Gasteiger partial charge on any atom is 0.254 e. The first-order valence-corrected chi connectivity index (χ1v) is 17.5. The second-order valence-electron chi connectivity index (χ2n) is 12.5. The quantitative estimate of drug-likeness (QED) is 0.105. The molecule has 0 atom stereocenters. The van der Waals surface area contributed by atoms with E-state index in [4.69, 9.17) is 34.4 Å². The monoisotopic (exact) mass is 737 g/mol. The number of amides is 3. The van der Waals surface area contributed by atoms with Crippen molar-refractivity contribution in [2.45, 2.75) is 18.8 Å². The lowest BCUT2D eigenvalue weighted by Crippen LogP contribution is -2.51. The van der Waals surface area contributed by atoms with Crippen LogP contribution in [-0.4, -0.2) is 144 Å². The highest BCUT2D eigenvalue weighted by molar-refractivity contribution is 5.95. The van der Waals surface area contributed by atoms with E-state index in [1.54, 1.807) is 34.5 Å². The first kappa shape index (κ1) is 37.7. The fourth-order valence-corrected chi connectivity index (χ4v) is 5.69. The van der Waals surface area contributed by atoms with E-state index in [1.807, 2.05) is 10.6 Å². The summed E-state index contributed by atoms with van der Waals surface area (Å²) in [6.45, 7) is 3.80. The van der Waals surface area contributed by atoms with Crippen LogP contribution < -0.4 is 11.1 Å². The Bertz CT molecular complexity index is 1830. The van der Waals surface area contributed by atoms with Crippen LogP contribution in [0.4, 0.5) is 15.9 Å². The predicted molar refractivity (Wildman–Crippen MR) is 188 cm³/mol. The summed E-state index contributed by atoms with van der Waals surface area (Å²) >= 11 is 0. The fraction of sp³-hybridized carbons (Fsp3) is 0.486. The number of fused-ring (bicyclic) bond motifs is 1. The Morgan fingerprint density at radius 1 is 0.868 bits per heavy atom. The molecular weight excluding hydrogens is 693 g/mol. The van der Waals surface area contributed by atoms with E-state index in [0.29, 0.717) is 83.2 Å². The summed E-state index contributed by atoms with van der Waals surface area (Å²) in [6, 6.07) is 4.34. The number of benzene rings is 1. The van der Waals surface area contributed by atoms with Gasteiger partial charge in [0.15, 0.2) is 11.5 Å². The lowest BCUT2D eigenvalue weighted by molar-refractivity contribution is -0.138. The Balaban J connectivity index is 0.885. The van der Waals surface area contributed by atoms with Gasteiger partial charge in [0, 0.05) is 55.6 Å². The summed E-state index contributed by atoms with van der Waals surface area (Å²) in [7, 11) is 0. The minimum atomic E-state index is -0.594. The molecule has 17 nitrogen and oxygen atoms in total. The number of halogens is 1. The Morgan fingerprint density at radius 3 is 2.11 bits per heavy atom. The Labute approximate surface area is 304 Å². The van der Waals surface area contributed by atoms with Crippen LogP contribution in [0.2, 0.25) is 0 Å². The minimum absolute atomic E-state index is 0.0951. The van der Waals surface area contributed by atoms with Crippen LogP contribution in [0.25, 0.3) is 16.9 Å². The third kappa shape index (κ3) is 10.5. The molecule has 1 saturated carbocycles. The highest BCUT2D eigenvalue weighted by atomic mass is 19.1. The molecule has 4 heterocycles. The maximum absolute atomic E-state index is 15.5. The average Bonchev–Trinajstić information content (AvgIpc) is 3.70. The first-order chi connectivity index (χ1) is 25.9. The number of anilines is 2. The summed E-state index contributed by atoms with van der Waals surface area (Å²) < 4.78 is 44.0. The molecule has 4 aromatic rings. The van der Waals surface area contributed by atoms with E-state index in [0.717, 1.165) is 29.8 Å². The number of piperazine rings is 1. The standard InChI is InChI=1S/C35H44FN9O8/c36-27-17-25(3-4-28(27)41-33-34-38-20-30(26-18-39-40-19-26)45(34)21-29(42-33)24-1-2-24)35(48)44-7-5-43(6-8-44)32(47)23-53-16-14-51-12-10-49-9-11-50-13-15-52-22-31(37)46/h3-4,17-21,24H,1-2,5-16,22-23H2,(H2,37,46)(H,39,40)(H,41,42). The van der Waals surface area contributed by atoms with Gasteiger partial charge in [-0.1, -0.05) is 0 Å². The molecule has 0 bridgehead atoms. The zero-order valence-electron chi connectivity index (χ0n) is 29.3. The first-order valence-electron chi connectivity index (χ1n) is 17.5. The summed E-state index contributed by atoms with van der Waals surface area (Å²) in [5, 5.41) is 9.97. The fourth-order valence-electron chi connectivity index (χ4n) is 5.69. The number of nitrogens with zero attached hydrogens (tertiary/aromatic N) is 6. The largest absolute Gasteiger partial charge is 0.377 e. The molecule has 6 rings (SSSR count). The number of aromatic nitrogens is 5. The summed E-state index contributed by atoms with van der Waals surface area (Å²) in [4.78, 5) is 49.1. The van der Waals surface area contributed by atoms with Crippen LogP contribution in [0.15, 0.2) is 43.0 Å². The number of hydrogen-bond donors (Lipinski definition) is 3. The summed E-state index contributed by atoms with van der Waals surface area (Å²) in [6.07, 6.45) is 9.29. The van der Waals surface area contributed by atoms with E-state index < -0.39 is 11.7 Å². The molecule has 2 aliphatic rings. The number of carbonyl (C=O) groups excluding carboxylic acids is 3. The number of rotatable bonds is 21. The normalized spacial score (nSPS) is 14.6. The molecule has 2 fully saturated rings. The number of ether oxygens (including phenoxy) is 5. The number of primary amides is 1. The van der Waals surface area contributed by atoms with Crippen LogP contribution in [-0.2, 0) is 33.3 Å². The van der Waals surface area contributed by atoms with Gasteiger partial charge in [-0.2, -0.15) is 5.10 Å². The highest BCUT2D eigenvalue weighted by Gasteiger charge is 2.28. The molecule has 3 aromatic heterocycles. The van der Waals surface area contributed by atoms with Gasteiger partial charge in [-0.15, -0.1) is 0 Å². The topological polar surface area (TPSA) is 201 Å². The number of nitrogens with one attached hydrogen (secondary N) is 2. The van der Waals surface area contributed by atoms with Crippen molar-refractivity contribution in [3.8, 4) is 11.3 Å². The Kier molecular flexibility index (Phi) is 13.3.